The van der Waals surface area contributed by atoms with Crippen molar-refractivity contribution in [3.63, 3.8) is 0 Å². The predicted molar refractivity (Wildman–Crippen MR) is 111 cm³/mol. The van der Waals surface area contributed by atoms with Crippen molar-refractivity contribution in [2.45, 2.75) is 0 Å². The number of ether oxygens (including phenoxy) is 2. The SMILES string of the molecule is COc1ccc2ccccc2c1/C=N/NC(=O)COc1ccc(Cl)cc1Br. The van der Waals surface area contributed by atoms with Gasteiger partial charge >= 0.3 is 0 Å². The number of nitrogens with one attached hydrogen (secondary N) is 1. The Bertz CT molecular complexity index is 1010. The van der Waals surface area contributed by atoms with Gasteiger partial charge in [-0.3, -0.25) is 4.79 Å². The molecule has 5 nitrogen and oxygen atoms in total. The number of fused-ring (bicyclic) bond motifs is 1. The van der Waals surface area contributed by atoms with Crippen LogP contribution in [-0.2, 0) is 4.79 Å². The van der Waals surface area contributed by atoms with E-state index in [9.17, 15) is 4.79 Å². The fourth-order valence-electron chi connectivity index (χ4n) is 2.52. The Morgan fingerprint density at radius 2 is 1.96 bits per heavy atom. The standard InChI is InChI=1S/C20H16BrClN2O3/c1-26-18-8-6-13-4-2-3-5-15(13)16(18)11-23-24-20(25)12-27-19-9-7-14(22)10-17(19)21/h2-11H,12H2,1H3,(H,24,25)/b23-11+. The molecule has 1 N–H and O–H groups in total. The molecule has 0 aliphatic rings. The topological polar surface area (TPSA) is 59.9 Å². The first kappa shape index (κ1) is 19.2. The molecule has 7 heteroatoms. The molecule has 0 atom stereocenters. The Hall–Kier alpha value is -2.57. The third kappa shape index (κ3) is 4.78. The van der Waals surface area contributed by atoms with Gasteiger partial charge in [0.05, 0.1) is 17.8 Å². The second-order valence-electron chi connectivity index (χ2n) is 5.56. The molecule has 1 amide bonds. The average molecular weight is 448 g/mol. The molecule has 138 valence electrons. The van der Waals surface area contributed by atoms with E-state index < -0.39 is 0 Å². The minimum atomic E-state index is -0.382. The first-order chi connectivity index (χ1) is 13.1. The number of hydrogen-bond acceptors (Lipinski definition) is 4. The number of hydrogen-bond donors (Lipinski definition) is 1. The highest BCUT2D eigenvalue weighted by Crippen LogP contribution is 2.28. The van der Waals surface area contributed by atoms with Gasteiger partial charge < -0.3 is 9.47 Å². The van der Waals surface area contributed by atoms with Crippen molar-refractivity contribution < 1.29 is 14.3 Å². The zero-order valence-corrected chi connectivity index (χ0v) is 16.8. The maximum absolute atomic E-state index is 12.0. The molecule has 27 heavy (non-hydrogen) atoms. The zero-order valence-electron chi connectivity index (χ0n) is 14.4. The molecule has 0 aliphatic carbocycles. The molecule has 0 unspecified atom stereocenters. The summed E-state index contributed by atoms with van der Waals surface area (Å²) in [6.45, 7) is -0.176. The van der Waals surface area contributed by atoms with E-state index in [1.165, 1.54) is 0 Å². The molecule has 0 bridgehead atoms. The van der Waals surface area contributed by atoms with Crippen LogP contribution in [0.2, 0.25) is 5.02 Å². The van der Waals surface area contributed by atoms with Gasteiger partial charge in [-0.15, -0.1) is 0 Å². The summed E-state index contributed by atoms with van der Waals surface area (Å²) in [5.41, 5.74) is 3.25. The maximum Gasteiger partial charge on any atom is 0.277 e. The lowest BCUT2D eigenvalue weighted by Crippen LogP contribution is -2.24. The van der Waals surface area contributed by atoms with Gasteiger partial charge in [-0.25, -0.2) is 5.43 Å². The fourth-order valence-corrected chi connectivity index (χ4v) is 3.32. The number of hydrazone groups is 1. The lowest BCUT2D eigenvalue weighted by atomic mass is 10.0. The normalized spacial score (nSPS) is 10.9. The van der Waals surface area contributed by atoms with Crippen LogP contribution in [0.3, 0.4) is 0 Å². The van der Waals surface area contributed by atoms with Gasteiger partial charge in [0.1, 0.15) is 11.5 Å². The van der Waals surface area contributed by atoms with Crippen molar-refractivity contribution in [1.82, 2.24) is 5.43 Å². The number of carbonyl (C=O) groups is 1. The number of halogens is 2. The third-order valence-corrected chi connectivity index (χ3v) is 4.64. The first-order valence-corrected chi connectivity index (χ1v) is 9.21. The molecule has 3 rings (SSSR count). The minimum absolute atomic E-state index is 0.176. The van der Waals surface area contributed by atoms with Crippen LogP contribution >= 0.6 is 27.5 Å². The van der Waals surface area contributed by atoms with Gasteiger partial charge in [0.2, 0.25) is 0 Å². The van der Waals surface area contributed by atoms with E-state index in [0.29, 0.717) is 21.0 Å². The van der Waals surface area contributed by atoms with Crippen LogP contribution in [-0.4, -0.2) is 25.8 Å². The molecule has 0 radical (unpaired) electrons. The molecule has 0 heterocycles. The van der Waals surface area contributed by atoms with Gasteiger partial charge in [0, 0.05) is 10.6 Å². The Morgan fingerprint density at radius 3 is 2.74 bits per heavy atom. The maximum atomic E-state index is 12.0. The van der Waals surface area contributed by atoms with Crippen molar-refractivity contribution in [2.24, 2.45) is 5.10 Å². The molecule has 0 spiro atoms. The Balaban J connectivity index is 1.66. The van der Waals surface area contributed by atoms with Crippen LogP contribution in [0.1, 0.15) is 5.56 Å². The quantitative estimate of drug-likeness (QED) is 0.436. The Kier molecular flexibility index (Phi) is 6.32. The van der Waals surface area contributed by atoms with E-state index in [1.807, 2.05) is 36.4 Å². The minimum Gasteiger partial charge on any atom is -0.496 e. The number of carbonyl (C=O) groups excluding carboxylic acids is 1. The van der Waals surface area contributed by atoms with Crippen LogP contribution in [0, 0.1) is 0 Å². The summed E-state index contributed by atoms with van der Waals surface area (Å²) < 4.78 is 11.5. The third-order valence-electron chi connectivity index (χ3n) is 3.79. The predicted octanol–water partition coefficient (Wildman–Crippen LogP) is 4.79. The first-order valence-electron chi connectivity index (χ1n) is 8.04. The molecule has 0 fully saturated rings. The van der Waals surface area contributed by atoms with E-state index in [2.05, 4.69) is 26.5 Å². The molecular weight excluding hydrogens is 432 g/mol. The van der Waals surface area contributed by atoms with Gasteiger partial charge in [0.25, 0.3) is 5.91 Å². The second kappa shape index (κ2) is 8.88. The van der Waals surface area contributed by atoms with Gasteiger partial charge in [-0.2, -0.15) is 5.10 Å². The lowest BCUT2D eigenvalue weighted by molar-refractivity contribution is -0.123. The summed E-state index contributed by atoms with van der Waals surface area (Å²) in [6.07, 6.45) is 1.57. The summed E-state index contributed by atoms with van der Waals surface area (Å²) in [6, 6.07) is 16.8. The monoisotopic (exact) mass is 446 g/mol. The molecule has 0 saturated carbocycles. The smallest absolute Gasteiger partial charge is 0.277 e. The summed E-state index contributed by atoms with van der Waals surface area (Å²) in [7, 11) is 1.60. The Labute approximate surface area is 170 Å². The van der Waals surface area contributed by atoms with E-state index in [-0.39, 0.29) is 12.5 Å². The lowest BCUT2D eigenvalue weighted by Gasteiger charge is -2.09. The van der Waals surface area contributed by atoms with Crippen molar-refractivity contribution in [3.05, 3.63) is 69.7 Å². The number of amides is 1. The van der Waals surface area contributed by atoms with Gasteiger partial charge in [0.15, 0.2) is 6.61 Å². The number of methoxy groups -OCH3 is 1. The van der Waals surface area contributed by atoms with E-state index >= 15 is 0 Å². The van der Waals surface area contributed by atoms with Gasteiger partial charge in [-0.1, -0.05) is 41.9 Å². The number of rotatable bonds is 6. The van der Waals surface area contributed by atoms with Crippen LogP contribution < -0.4 is 14.9 Å². The van der Waals surface area contributed by atoms with Crippen molar-refractivity contribution in [3.8, 4) is 11.5 Å². The van der Waals surface area contributed by atoms with Crippen LogP contribution in [0.5, 0.6) is 11.5 Å². The van der Waals surface area contributed by atoms with E-state index in [1.54, 1.807) is 31.5 Å². The largest absolute Gasteiger partial charge is 0.496 e. The van der Waals surface area contributed by atoms with Gasteiger partial charge in [-0.05, 0) is 51.0 Å². The highest BCUT2D eigenvalue weighted by atomic mass is 79.9. The molecule has 0 saturated heterocycles. The molecule has 0 aliphatic heterocycles. The van der Waals surface area contributed by atoms with Crippen molar-refractivity contribution >= 4 is 50.4 Å². The fraction of sp³-hybridized carbons (Fsp3) is 0.100. The molecule has 3 aromatic rings. The number of nitrogens with zero attached hydrogens (tertiary/aromatic N) is 1. The molecule has 3 aromatic carbocycles. The average Bonchev–Trinajstić information content (AvgIpc) is 2.67. The number of benzene rings is 3. The zero-order chi connectivity index (χ0) is 19.2. The van der Waals surface area contributed by atoms with E-state index in [0.717, 1.165) is 16.3 Å². The van der Waals surface area contributed by atoms with Crippen LogP contribution in [0.15, 0.2) is 64.2 Å². The highest BCUT2D eigenvalue weighted by molar-refractivity contribution is 9.10. The Morgan fingerprint density at radius 1 is 1.19 bits per heavy atom. The van der Waals surface area contributed by atoms with Crippen molar-refractivity contribution in [2.75, 3.05) is 13.7 Å². The van der Waals surface area contributed by atoms with Crippen LogP contribution in [0.25, 0.3) is 10.8 Å². The van der Waals surface area contributed by atoms with Crippen molar-refractivity contribution in [1.29, 1.82) is 0 Å². The summed E-state index contributed by atoms with van der Waals surface area (Å²) >= 11 is 9.21. The summed E-state index contributed by atoms with van der Waals surface area (Å²) in [4.78, 5) is 12.0. The van der Waals surface area contributed by atoms with Crippen LogP contribution in [0.4, 0.5) is 0 Å². The molecule has 0 aromatic heterocycles. The molecular formula is C20H16BrClN2O3. The highest BCUT2D eigenvalue weighted by Gasteiger charge is 2.08. The second-order valence-corrected chi connectivity index (χ2v) is 6.85. The summed E-state index contributed by atoms with van der Waals surface area (Å²) in [5.74, 6) is 0.814. The summed E-state index contributed by atoms with van der Waals surface area (Å²) in [5, 5.41) is 6.65. The van der Waals surface area contributed by atoms with E-state index in [4.69, 9.17) is 21.1 Å².